The van der Waals surface area contributed by atoms with Crippen molar-refractivity contribution in [3.63, 3.8) is 0 Å². The summed E-state index contributed by atoms with van der Waals surface area (Å²) in [5, 5.41) is 35.7. The third-order valence-corrected chi connectivity index (χ3v) is 22.5. The van der Waals surface area contributed by atoms with E-state index >= 15 is 0 Å². The first-order valence-corrected chi connectivity index (χ1v) is 43.3. The average Bonchev–Trinajstić information content (AvgIpc) is 1.63. The fraction of sp³-hybridized carbons (Fsp3) is 0.376. The molecule has 128 heavy (non-hydrogen) atoms. The number of carbonyl (C=O) groups is 8. The number of aliphatic hydroxyl groups excluding tert-OH is 1. The molecule has 5 aliphatic rings. The predicted octanol–water partition coefficient (Wildman–Crippen LogP) is 19.1. The van der Waals surface area contributed by atoms with E-state index in [9.17, 15) is 43.5 Å². The summed E-state index contributed by atoms with van der Waals surface area (Å²) in [6, 6.07) is 60.9. The molecule has 27 heteroatoms. The van der Waals surface area contributed by atoms with Crippen LogP contribution in [0, 0.1) is 17.8 Å². The third-order valence-electron chi connectivity index (χ3n) is 22.0. The van der Waals surface area contributed by atoms with Crippen molar-refractivity contribution in [3.05, 3.63) is 264 Å². The summed E-state index contributed by atoms with van der Waals surface area (Å²) >= 11 is 16.3. The normalized spacial score (nSPS) is 14.1. The zero-order valence-corrected chi connectivity index (χ0v) is 76.7. The highest BCUT2D eigenvalue weighted by Gasteiger charge is 2.37. The Morgan fingerprint density at radius 2 is 0.688 bits per heavy atom. The van der Waals surface area contributed by atoms with Gasteiger partial charge in [0.25, 0.3) is 3.79 Å². The van der Waals surface area contributed by atoms with Crippen LogP contribution in [0.15, 0.2) is 219 Å². The molecule has 1 aliphatic heterocycles. The molecular weight excluding hydrogens is 1690 g/mol. The molecule has 0 spiro atoms. The molecule has 1 heterocycles. The Kier molecular flexibility index (Phi) is 37.8. The minimum Gasteiger partial charge on any atom is -0.480 e. The number of carboxylic acid groups (broad SMARTS) is 1. The van der Waals surface area contributed by atoms with Crippen LogP contribution in [0.3, 0.4) is 0 Å². The zero-order valence-electron chi connectivity index (χ0n) is 74.4. The van der Waals surface area contributed by atoms with Gasteiger partial charge < -0.3 is 74.1 Å². The Morgan fingerprint density at radius 1 is 0.445 bits per heavy atom. The number of ketones is 3. The largest absolute Gasteiger partial charge is 0.480 e. The van der Waals surface area contributed by atoms with Crippen molar-refractivity contribution < 1.29 is 91.2 Å². The number of Topliss-reactive ketones (excluding diaryl/α,β-unsaturated/α-hetero) is 3. The minimum absolute atomic E-state index is 0.0171. The lowest BCUT2D eigenvalue weighted by Gasteiger charge is -2.27. The van der Waals surface area contributed by atoms with E-state index < -0.39 is 87.3 Å². The van der Waals surface area contributed by atoms with E-state index in [1.165, 1.54) is 44.7 Å². The van der Waals surface area contributed by atoms with Gasteiger partial charge in [0.2, 0.25) is 5.90 Å². The van der Waals surface area contributed by atoms with Crippen molar-refractivity contribution in [3.8, 4) is 56.9 Å². The van der Waals surface area contributed by atoms with Gasteiger partial charge in [0.05, 0.1) is 37.6 Å². The van der Waals surface area contributed by atoms with E-state index in [4.69, 9.17) is 94.4 Å². The monoisotopic (exact) mass is 1810 g/mol. The Labute approximate surface area is 764 Å². The molecule has 0 radical (unpaired) electrons. The number of alkyl carbamates (subject to hydrolysis) is 4. The fourth-order valence-corrected chi connectivity index (χ4v) is 14.2. The van der Waals surface area contributed by atoms with Crippen LogP contribution in [0.1, 0.15) is 171 Å². The summed E-state index contributed by atoms with van der Waals surface area (Å²) in [5.41, 5.74) is 15.6. The molecule has 8 aromatic carbocycles. The number of nitrogens with one attached hydrogen (secondary N) is 5. The molecule has 4 amide bonds. The van der Waals surface area contributed by atoms with E-state index in [1.807, 2.05) is 168 Å². The topological polar surface area (TPSA) is 332 Å². The first-order valence-electron chi connectivity index (χ1n) is 42.2. The number of ether oxygens (including phenoxy) is 9. The highest BCUT2D eigenvalue weighted by Crippen LogP contribution is 2.49. The first-order chi connectivity index (χ1) is 60.8. The molecule has 680 valence electrons. The molecule has 13 rings (SSSR count). The van der Waals surface area contributed by atoms with Crippen LogP contribution in [0.25, 0.3) is 44.5 Å². The van der Waals surface area contributed by atoms with Crippen LogP contribution in [0.5, 0.6) is 0 Å². The standard InChI is InChI=1S/C24H27NO4.C24H25NO4.C23H25NO5.C19H19NO4.C7H12Cl3NO.C4H8O/c2*1-5-24(3,4)29-15-22(16(2)26)25-23(27)28-14-21-19-12-8-6-10-17(19)18-11-7-9-13-20(18)21;1-4-23(2,3)29-14-20(21(25)26)24-22(27)28-13-19-17-11-7-5-9-15(17)16-10-6-8-12-18(16)19;1-12(22)18(10-21)20-19(23)24-11-17-15-8-4-2-6-13(15)14-7-3-5-9-16(14)17;1-4-6(2,3)12-5(11)7(8,9)10;1-2-4-5-3-1/h5-13,21-22H,1,14-15H2,2-4H3,(H,25,27);1,6-13,21-22H,14-15H2,2-4H3,(H,25,27);4-12,19-20H,1,13-14H2,2-3H3,(H,24,27)(H,25,26);2-9,17-18,21H,10-11H2,1H3,(H,20,23);11H,4H2,1-3H3;1-4H2/t2*22-;20-;18-;;/m0000../s1. The number of hydrogen-bond donors (Lipinski definition) is 7. The van der Waals surface area contributed by atoms with E-state index in [-0.39, 0.29) is 93.2 Å². The van der Waals surface area contributed by atoms with Gasteiger partial charge in [0.15, 0.2) is 23.4 Å². The van der Waals surface area contributed by atoms with Crippen LogP contribution < -0.4 is 21.3 Å². The predicted molar refractivity (Wildman–Crippen MR) is 498 cm³/mol. The van der Waals surface area contributed by atoms with E-state index in [0.717, 1.165) is 97.5 Å². The van der Waals surface area contributed by atoms with Gasteiger partial charge in [0, 0.05) is 36.9 Å². The number of carboxylic acids is 1. The third kappa shape index (κ3) is 29.3. The average molecular weight is 1810 g/mol. The van der Waals surface area contributed by atoms with Gasteiger partial charge in [-0.05, 0) is 184 Å². The SMILES string of the molecule is C#CC(C)(C)OC[C@H](NC(=O)OCC1c2ccccc2-c2ccccc21)C(C)=O.C1CCOC1.C=CC(C)(C)OC[C@H](NC(=O)OCC1c2ccccc2-c2ccccc21)C(=O)O.C=CC(C)(C)OC[C@H](NC(=O)OCC1c2ccccc2-c2ccccc21)C(C)=O.CC(=O)[C@H](CO)NC(=O)OCC1c2ccccc2-c2ccccc21.CCC(C)(C)OC(=N)C(Cl)(Cl)Cl. The number of fused-ring (bicyclic) bond motifs is 12. The summed E-state index contributed by atoms with van der Waals surface area (Å²) in [6.07, 6.45) is 9.13. The Balaban J connectivity index is 0.000000199. The molecule has 0 unspecified atom stereocenters. The van der Waals surface area contributed by atoms with Crippen LogP contribution in [0.4, 0.5) is 19.2 Å². The number of hydrogen-bond acceptors (Lipinski definition) is 19. The van der Waals surface area contributed by atoms with Gasteiger partial charge in [-0.2, -0.15) is 0 Å². The minimum atomic E-state index is -1.76. The molecule has 1 saturated heterocycles. The Hall–Kier alpha value is -11.5. The molecule has 4 atom stereocenters. The van der Waals surface area contributed by atoms with Crippen molar-refractivity contribution in [1.29, 1.82) is 5.41 Å². The number of aliphatic hydroxyl groups is 1. The molecule has 0 aromatic heterocycles. The number of carbonyl (C=O) groups excluding carboxylic acids is 7. The van der Waals surface area contributed by atoms with Gasteiger partial charge in [-0.3, -0.25) is 19.8 Å². The second-order valence-electron chi connectivity index (χ2n) is 33.0. The lowest BCUT2D eigenvalue weighted by atomic mass is 9.98. The highest BCUT2D eigenvalue weighted by atomic mass is 35.6. The second kappa shape index (κ2) is 47.5. The smallest absolute Gasteiger partial charge is 0.407 e. The van der Waals surface area contributed by atoms with Crippen LogP contribution in [0.2, 0.25) is 0 Å². The maximum Gasteiger partial charge on any atom is 0.407 e. The second-order valence-corrected chi connectivity index (χ2v) is 35.3. The van der Waals surface area contributed by atoms with Gasteiger partial charge >= 0.3 is 30.3 Å². The van der Waals surface area contributed by atoms with Crippen LogP contribution >= 0.6 is 34.8 Å². The maximum atomic E-state index is 12.4. The number of halogens is 3. The fourth-order valence-electron chi connectivity index (χ4n) is 14.1. The van der Waals surface area contributed by atoms with Crippen molar-refractivity contribution in [2.75, 3.05) is 66.1 Å². The number of benzene rings is 8. The molecule has 8 aromatic rings. The molecule has 7 N–H and O–H groups in total. The van der Waals surface area contributed by atoms with Crippen molar-refractivity contribution in [2.45, 2.75) is 176 Å². The summed E-state index contributed by atoms with van der Waals surface area (Å²) in [7, 11) is 0. The zero-order chi connectivity index (χ0) is 93.7. The Bertz CT molecular complexity index is 4900. The Morgan fingerprint density at radius 3 is 0.898 bits per heavy atom. The number of rotatable bonds is 30. The molecular formula is C101H116Cl3N5O19. The van der Waals surface area contributed by atoms with Crippen molar-refractivity contribution >= 4 is 88.4 Å². The molecule has 1 fully saturated rings. The summed E-state index contributed by atoms with van der Waals surface area (Å²) in [6.45, 7) is 29.8. The van der Waals surface area contributed by atoms with Crippen LogP contribution in [-0.2, 0) is 61.8 Å². The lowest BCUT2D eigenvalue weighted by Crippen LogP contribution is -2.46. The van der Waals surface area contributed by atoms with Gasteiger partial charge in [0.1, 0.15) is 55.8 Å². The number of alkyl halides is 3. The van der Waals surface area contributed by atoms with E-state index in [1.54, 1.807) is 39.8 Å². The van der Waals surface area contributed by atoms with Gasteiger partial charge in [-0.1, -0.05) is 254 Å². The summed E-state index contributed by atoms with van der Waals surface area (Å²) < 4.78 is 46.7. The molecule has 0 saturated carbocycles. The quantitative estimate of drug-likeness (QED) is 0.00549. The van der Waals surface area contributed by atoms with Crippen molar-refractivity contribution in [1.82, 2.24) is 21.3 Å². The lowest BCUT2D eigenvalue weighted by molar-refractivity contribution is -0.142. The van der Waals surface area contributed by atoms with Gasteiger partial charge in [-0.15, -0.1) is 19.6 Å². The summed E-state index contributed by atoms with van der Waals surface area (Å²) in [5.74, 6) is 0.0289. The summed E-state index contributed by atoms with van der Waals surface area (Å²) in [4.78, 5) is 95.4. The number of aliphatic carboxylic acids is 1. The first kappa shape index (κ1) is 102. The van der Waals surface area contributed by atoms with E-state index in [2.05, 4.69) is 101 Å². The maximum absolute atomic E-state index is 12.4. The molecule has 4 aliphatic carbocycles. The van der Waals surface area contributed by atoms with E-state index in [0.29, 0.717) is 0 Å². The number of terminal acetylenes is 1. The van der Waals surface area contributed by atoms with Crippen LogP contribution in [-0.4, -0.2) is 180 Å². The van der Waals surface area contributed by atoms with Gasteiger partial charge in [-0.25, -0.2) is 24.0 Å². The van der Waals surface area contributed by atoms with Crippen molar-refractivity contribution in [2.24, 2.45) is 0 Å². The number of amides is 4. The molecule has 24 nitrogen and oxygen atoms in total. The highest BCUT2D eigenvalue weighted by molar-refractivity contribution is 6.76. The molecule has 0 bridgehead atoms.